The van der Waals surface area contributed by atoms with Crippen LogP contribution in [0.1, 0.15) is 21.6 Å². The number of fused-ring (bicyclic) bond motifs is 1. The number of nitrogens with one attached hydrogen (secondary N) is 1. The number of Topliss-reactive ketones (excluding diaryl/α,β-unsaturated/α-hetero) is 1. The quantitative estimate of drug-likeness (QED) is 0.581. The number of rotatable bonds is 8. The van der Waals surface area contributed by atoms with Gasteiger partial charge in [-0.25, -0.2) is 0 Å². The SMILES string of the molecule is COc1cc(CN(C)CC(=O)c2c(C)[nH]c3ccccc23)ccc1OC(F)F. The molecule has 2 aromatic carbocycles. The number of H-pyrrole nitrogens is 1. The second kappa shape index (κ2) is 8.39. The molecule has 28 heavy (non-hydrogen) atoms. The van der Waals surface area contributed by atoms with E-state index in [1.165, 1.54) is 13.2 Å². The summed E-state index contributed by atoms with van der Waals surface area (Å²) in [6, 6.07) is 12.5. The Balaban J connectivity index is 1.72. The molecule has 0 unspecified atom stereocenters. The first-order valence-electron chi connectivity index (χ1n) is 8.79. The average Bonchev–Trinajstić information content (AvgIpc) is 2.98. The number of carbonyl (C=O) groups is 1. The van der Waals surface area contributed by atoms with E-state index in [1.807, 2.05) is 43.1 Å². The third-order valence-corrected chi connectivity index (χ3v) is 4.48. The monoisotopic (exact) mass is 388 g/mol. The second-order valence-corrected chi connectivity index (χ2v) is 6.63. The Morgan fingerprint density at radius 1 is 1.18 bits per heavy atom. The number of likely N-dealkylation sites (N-methyl/N-ethyl adjacent to an activating group) is 1. The van der Waals surface area contributed by atoms with Gasteiger partial charge in [-0.3, -0.25) is 9.69 Å². The van der Waals surface area contributed by atoms with E-state index in [-0.39, 0.29) is 23.8 Å². The van der Waals surface area contributed by atoms with Crippen molar-refractivity contribution in [2.45, 2.75) is 20.1 Å². The maximum atomic E-state index is 12.9. The Morgan fingerprint density at radius 3 is 2.64 bits per heavy atom. The predicted octanol–water partition coefficient (Wildman–Crippen LogP) is 4.40. The summed E-state index contributed by atoms with van der Waals surface area (Å²) < 4.78 is 34.4. The minimum Gasteiger partial charge on any atom is -0.493 e. The zero-order valence-electron chi connectivity index (χ0n) is 16.0. The molecule has 0 amide bonds. The Bertz CT molecular complexity index is 985. The molecular weight excluding hydrogens is 366 g/mol. The minimum atomic E-state index is -2.92. The number of ketones is 1. The van der Waals surface area contributed by atoms with Gasteiger partial charge in [0.1, 0.15) is 0 Å². The molecular formula is C21H22F2N2O3. The van der Waals surface area contributed by atoms with E-state index in [0.29, 0.717) is 12.1 Å². The Hall–Kier alpha value is -2.93. The van der Waals surface area contributed by atoms with Gasteiger partial charge in [0, 0.05) is 28.7 Å². The first-order valence-corrected chi connectivity index (χ1v) is 8.79. The van der Waals surface area contributed by atoms with Crippen LogP contribution in [-0.2, 0) is 6.54 Å². The number of aromatic nitrogens is 1. The lowest BCUT2D eigenvalue weighted by atomic mass is 10.1. The van der Waals surface area contributed by atoms with Crippen LogP contribution < -0.4 is 9.47 Å². The topological polar surface area (TPSA) is 54.6 Å². The van der Waals surface area contributed by atoms with Crippen molar-refractivity contribution < 1.29 is 23.0 Å². The summed E-state index contributed by atoms with van der Waals surface area (Å²) in [7, 11) is 3.22. The molecule has 0 spiro atoms. The summed E-state index contributed by atoms with van der Waals surface area (Å²) in [5, 5.41) is 0.911. The fraction of sp³-hybridized carbons (Fsp3) is 0.286. The van der Waals surface area contributed by atoms with Crippen LogP contribution in [0.3, 0.4) is 0 Å². The summed E-state index contributed by atoms with van der Waals surface area (Å²) in [5.41, 5.74) is 3.30. The van der Waals surface area contributed by atoms with E-state index in [9.17, 15) is 13.6 Å². The van der Waals surface area contributed by atoms with Gasteiger partial charge >= 0.3 is 6.61 Å². The van der Waals surface area contributed by atoms with Crippen LogP contribution in [0.15, 0.2) is 42.5 Å². The molecule has 0 fully saturated rings. The number of aryl methyl sites for hydroxylation is 1. The van der Waals surface area contributed by atoms with Crippen molar-refractivity contribution in [2.75, 3.05) is 20.7 Å². The van der Waals surface area contributed by atoms with Crippen LogP contribution in [0, 0.1) is 6.92 Å². The molecule has 3 rings (SSSR count). The van der Waals surface area contributed by atoms with Gasteiger partial charge in [0.05, 0.1) is 13.7 Å². The van der Waals surface area contributed by atoms with Gasteiger partial charge in [-0.15, -0.1) is 0 Å². The standard InChI is InChI=1S/C21H22F2N2O3/c1-13-20(15-6-4-5-7-16(15)24-13)17(26)12-25(2)11-14-8-9-18(28-21(22)23)19(10-14)27-3/h4-10,21,24H,11-12H2,1-3H3. The molecule has 0 radical (unpaired) electrons. The van der Waals surface area contributed by atoms with Crippen LogP contribution in [0.2, 0.25) is 0 Å². The Morgan fingerprint density at radius 2 is 1.93 bits per heavy atom. The zero-order valence-corrected chi connectivity index (χ0v) is 16.0. The molecule has 0 saturated heterocycles. The number of halogens is 2. The number of nitrogens with zero attached hydrogens (tertiary/aromatic N) is 1. The van der Waals surface area contributed by atoms with Gasteiger partial charge in [-0.1, -0.05) is 24.3 Å². The van der Waals surface area contributed by atoms with E-state index in [0.717, 1.165) is 22.2 Å². The summed E-state index contributed by atoms with van der Waals surface area (Å²) in [6.45, 7) is -0.349. The number of methoxy groups -OCH3 is 1. The zero-order chi connectivity index (χ0) is 20.3. The smallest absolute Gasteiger partial charge is 0.387 e. The molecule has 1 heterocycles. The molecule has 0 saturated carbocycles. The second-order valence-electron chi connectivity index (χ2n) is 6.63. The first-order chi connectivity index (χ1) is 13.4. The van der Waals surface area contributed by atoms with Crippen molar-refractivity contribution in [1.29, 1.82) is 0 Å². The van der Waals surface area contributed by atoms with Crippen LogP contribution in [0.4, 0.5) is 8.78 Å². The molecule has 5 nitrogen and oxygen atoms in total. The number of alkyl halides is 2. The number of para-hydroxylation sites is 1. The number of ether oxygens (including phenoxy) is 2. The summed E-state index contributed by atoms with van der Waals surface area (Å²) in [6.07, 6.45) is 0. The molecule has 7 heteroatoms. The number of benzene rings is 2. The lowest BCUT2D eigenvalue weighted by molar-refractivity contribution is -0.0512. The summed E-state index contributed by atoms with van der Waals surface area (Å²) >= 11 is 0. The molecule has 0 aliphatic heterocycles. The van der Waals surface area contributed by atoms with Crippen molar-refractivity contribution >= 4 is 16.7 Å². The van der Waals surface area contributed by atoms with Crippen molar-refractivity contribution in [2.24, 2.45) is 0 Å². The van der Waals surface area contributed by atoms with E-state index >= 15 is 0 Å². The maximum Gasteiger partial charge on any atom is 0.387 e. The van der Waals surface area contributed by atoms with Crippen LogP contribution >= 0.6 is 0 Å². The van der Waals surface area contributed by atoms with Crippen molar-refractivity contribution in [3.8, 4) is 11.5 Å². The fourth-order valence-corrected chi connectivity index (χ4v) is 3.33. The van der Waals surface area contributed by atoms with Crippen molar-refractivity contribution in [1.82, 2.24) is 9.88 Å². The van der Waals surface area contributed by atoms with E-state index in [1.54, 1.807) is 12.1 Å². The summed E-state index contributed by atoms with van der Waals surface area (Å²) in [4.78, 5) is 18.0. The predicted molar refractivity (Wildman–Crippen MR) is 103 cm³/mol. The third-order valence-electron chi connectivity index (χ3n) is 4.48. The van der Waals surface area contributed by atoms with Gasteiger partial charge in [-0.2, -0.15) is 8.78 Å². The lowest BCUT2D eigenvalue weighted by Crippen LogP contribution is -2.26. The Labute approximate surface area is 161 Å². The van der Waals surface area contributed by atoms with Gasteiger partial charge in [-0.05, 0) is 37.7 Å². The molecule has 0 atom stereocenters. The molecule has 148 valence electrons. The van der Waals surface area contributed by atoms with Crippen molar-refractivity contribution in [3.05, 3.63) is 59.3 Å². The fourth-order valence-electron chi connectivity index (χ4n) is 3.33. The molecule has 1 N–H and O–H groups in total. The number of carbonyl (C=O) groups excluding carboxylic acids is 1. The lowest BCUT2D eigenvalue weighted by Gasteiger charge is -2.17. The highest BCUT2D eigenvalue weighted by atomic mass is 19.3. The van der Waals surface area contributed by atoms with Gasteiger partial charge in [0.15, 0.2) is 17.3 Å². The van der Waals surface area contributed by atoms with E-state index < -0.39 is 6.61 Å². The number of hydrogen-bond acceptors (Lipinski definition) is 4. The van der Waals surface area contributed by atoms with Crippen LogP contribution in [0.5, 0.6) is 11.5 Å². The summed E-state index contributed by atoms with van der Waals surface area (Å²) in [5.74, 6) is 0.224. The van der Waals surface area contributed by atoms with Crippen LogP contribution in [-0.4, -0.2) is 43.0 Å². The van der Waals surface area contributed by atoms with Gasteiger partial charge in [0.25, 0.3) is 0 Å². The average molecular weight is 388 g/mol. The van der Waals surface area contributed by atoms with E-state index in [4.69, 9.17) is 4.74 Å². The molecule has 0 bridgehead atoms. The highest BCUT2D eigenvalue weighted by molar-refractivity contribution is 6.10. The maximum absolute atomic E-state index is 12.9. The number of hydrogen-bond donors (Lipinski definition) is 1. The third kappa shape index (κ3) is 4.31. The van der Waals surface area contributed by atoms with Gasteiger partial charge < -0.3 is 14.5 Å². The highest BCUT2D eigenvalue weighted by Crippen LogP contribution is 2.30. The van der Waals surface area contributed by atoms with Crippen molar-refractivity contribution in [3.63, 3.8) is 0 Å². The molecule has 0 aliphatic carbocycles. The first kappa shape index (κ1) is 19.8. The largest absolute Gasteiger partial charge is 0.493 e. The van der Waals surface area contributed by atoms with Gasteiger partial charge in [0.2, 0.25) is 0 Å². The van der Waals surface area contributed by atoms with Crippen LogP contribution in [0.25, 0.3) is 10.9 Å². The molecule has 0 aliphatic rings. The van der Waals surface area contributed by atoms with E-state index in [2.05, 4.69) is 9.72 Å². The normalized spacial score (nSPS) is 11.4. The number of aromatic amines is 1. The minimum absolute atomic E-state index is 0.0158. The molecule has 1 aromatic heterocycles. The highest BCUT2D eigenvalue weighted by Gasteiger charge is 2.18. The molecule has 3 aromatic rings. The Kier molecular flexibility index (Phi) is 5.94.